The predicted octanol–water partition coefficient (Wildman–Crippen LogP) is 2.52. The molecule has 0 spiro atoms. The summed E-state index contributed by atoms with van der Waals surface area (Å²) in [5.74, 6) is 2.48. The van der Waals surface area contributed by atoms with Crippen LogP contribution in [0.3, 0.4) is 0 Å². The fraction of sp³-hybridized carbons (Fsp3) is 0.438. The number of carbonyl (C=O) groups excluding carboxylic acids is 1. The molecule has 1 saturated heterocycles. The molecule has 22 heavy (non-hydrogen) atoms. The summed E-state index contributed by atoms with van der Waals surface area (Å²) >= 11 is 1.65. The summed E-state index contributed by atoms with van der Waals surface area (Å²) in [6.07, 6.45) is 3.53. The molecule has 1 aromatic carbocycles. The van der Waals surface area contributed by atoms with E-state index >= 15 is 0 Å². The minimum Gasteiger partial charge on any atom is -0.337 e. The number of thioether (sulfide) groups is 1. The second kappa shape index (κ2) is 6.96. The highest BCUT2D eigenvalue weighted by Crippen LogP contribution is 2.23. The summed E-state index contributed by atoms with van der Waals surface area (Å²) in [6.45, 7) is 1.18. The van der Waals surface area contributed by atoms with E-state index in [2.05, 4.69) is 22.3 Å². The summed E-state index contributed by atoms with van der Waals surface area (Å²) in [5.41, 5.74) is 1.28. The number of hydrogen-bond acceptors (Lipinski definition) is 5. The van der Waals surface area contributed by atoms with Gasteiger partial charge >= 0.3 is 0 Å². The summed E-state index contributed by atoms with van der Waals surface area (Å²) < 4.78 is 5.21. The van der Waals surface area contributed by atoms with Gasteiger partial charge in [0, 0.05) is 13.0 Å². The van der Waals surface area contributed by atoms with Crippen molar-refractivity contribution in [3.8, 4) is 0 Å². The van der Waals surface area contributed by atoms with E-state index in [-0.39, 0.29) is 5.91 Å². The lowest BCUT2D eigenvalue weighted by molar-refractivity contribution is -0.128. The lowest BCUT2D eigenvalue weighted by atomic mass is 9.99. The van der Waals surface area contributed by atoms with Crippen molar-refractivity contribution in [3.05, 3.63) is 47.6 Å². The molecule has 0 radical (unpaired) electrons. The van der Waals surface area contributed by atoms with Gasteiger partial charge in [-0.1, -0.05) is 35.5 Å². The molecule has 2 heterocycles. The van der Waals surface area contributed by atoms with Crippen molar-refractivity contribution in [2.24, 2.45) is 5.92 Å². The largest absolute Gasteiger partial charge is 0.337 e. The zero-order valence-corrected chi connectivity index (χ0v) is 13.4. The van der Waals surface area contributed by atoms with Crippen molar-refractivity contribution in [3.63, 3.8) is 0 Å². The van der Waals surface area contributed by atoms with Crippen molar-refractivity contribution < 1.29 is 9.32 Å². The van der Waals surface area contributed by atoms with E-state index in [1.54, 1.807) is 11.8 Å². The summed E-state index contributed by atoms with van der Waals surface area (Å²) in [6, 6.07) is 10.3. The highest BCUT2D eigenvalue weighted by Gasteiger charge is 2.30. The molecule has 1 aromatic heterocycles. The minimum absolute atomic E-state index is 0.172. The maximum atomic E-state index is 12.1. The number of likely N-dealkylation sites (tertiary alicyclic amines) is 1. The zero-order valence-electron chi connectivity index (χ0n) is 12.6. The molecular formula is C16H19N3O2S. The standard InChI is InChI=1S/C16H19N3O2S/c1-22-11-14-17-15(21-18-14)10-19-9-13(8-16(19)20)7-12-5-3-2-4-6-12/h2-6,13H,7-11H2,1H3/t13-/m1/s1. The van der Waals surface area contributed by atoms with Crippen LogP contribution in [0.2, 0.25) is 0 Å². The molecule has 1 aliphatic heterocycles. The van der Waals surface area contributed by atoms with Gasteiger partial charge in [0.2, 0.25) is 11.8 Å². The van der Waals surface area contributed by atoms with Crippen LogP contribution in [0.25, 0.3) is 0 Å². The number of amides is 1. The summed E-state index contributed by atoms with van der Waals surface area (Å²) in [4.78, 5) is 18.3. The molecule has 2 aromatic rings. The first-order valence-electron chi connectivity index (χ1n) is 7.36. The molecule has 1 amide bonds. The number of carbonyl (C=O) groups is 1. The molecule has 1 aliphatic rings. The molecule has 3 rings (SSSR count). The maximum absolute atomic E-state index is 12.1. The second-order valence-corrected chi connectivity index (χ2v) is 6.44. The zero-order chi connectivity index (χ0) is 15.4. The van der Waals surface area contributed by atoms with Crippen molar-refractivity contribution >= 4 is 17.7 Å². The molecule has 0 bridgehead atoms. The van der Waals surface area contributed by atoms with Crippen molar-refractivity contribution in [2.75, 3.05) is 12.8 Å². The number of benzene rings is 1. The Labute approximate surface area is 134 Å². The van der Waals surface area contributed by atoms with Crippen LogP contribution in [0.4, 0.5) is 0 Å². The van der Waals surface area contributed by atoms with Gasteiger partial charge in [0.25, 0.3) is 0 Å². The Bertz CT molecular complexity index is 629. The number of rotatable bonds is 6. The fourth-order valence-corrected chi connectivity index (χ4v) is 3.17. The number of hydrogen-bond donors (Lipinski definition) is 0. The quantitative estimate of drug-likeness (QED) is 0.819. The molecular weight excluding hydrogens is 298 g/mol. The second-order valence-electron chi connectivity index (χ2n) is 5.57. The average molecular weight is 317 g/mol. The van der Waals surface area contributed by atoms with Crippen LogP contribution in [-0.4, -0.2) is 33.7 Å². The van der Waals surface area contributed by atoms with Crippen molar-refractivity contribution in [1.29, 1.82) is 0 Å². The Morgan fingerprint density at radius 3 is 2.95 bits per heavy atom. The van der Waals surface area contributed by atoms with Gasteiger partial charge in [0.15, 0.2) is 5.82 Å². The molecule has 0 saturated carbocycles. The van der Waals surface area contributed by atoms with E-state index < -0.39 is 0 Å². The lowest BCUT2D eigenvalue weighted by Crippen LogP contribution is -2.25. The molecule has 0 unspecified atom stereocenters. The Morgan fingerprint density at radius 1 is 1.36 bits per heavy atom. The van der Waals surface area contributed by atoms with Gasteiger partial charge in [0.05, 0.1) is 12.3 Å². The number of nitrogens with zero attached hydrogens (tertiary/aromatic N) is 3. The van der Waals surface area contributed by atoms with Crippen LogP contribution in [0, 0.1) is 5.92 Å². The van der Waals surface area contributed by atoms with Gasteiger partial charge in [-0.3, -0.25) is 4.79 Å². The van der Waals surface area contributed by atoms with Gasteiger partial charge < -0.3 is 9.42 Å². The summed E-state index contributed by atoms with van der Waals surface area (Å²) in [7, 11) is 0. The first kappa shape index (κ1) is 15.1. The topological polar surface area (TPSA) is 59.2 Å². The molecule has 1 fully saturated rings. The Balaban J connectivity index is 1.57. The van der Waals surface area contributed by atoms with Gasteiger partial charge in [0.1, 0.15) is 0 Å². The minimum atomic E-state index is 0.172. The number of aromatic nitrogens is 2. The van der Waals surface area contributed by atoms with Crippen LogP contribution in [0.1, 0.15) is 23.7 Å². The van der Waals surface area contributed by atoms with E-state index in [9.17, 15) is 4.79 Å². The van der Waals surface area contributed by atoms with E-state index in [0.29, 0.717) is 30.6 Å². The SMILES string of the molecule is CSCc1noc(CN2C[C@H](Cc3ccccc3)CC2=O)n1. The van der Waals surface area contributed by atoms with E-state index in [1.165, 1.54) is 5.56 Å². The third kappa shape index (κ3) is 3.68. The van der Waals surface area contributed by atoms with Gasteiger partial charge in [-0.05, 0) is 24.2 Å². The predicted molar refractivity (Wildman–Crippen MR) is 85.2 cm³/mol. The molecule has 0 aliphatic carbocycles. The molecule has 1 atom stereocenters. The Morgan fingerprint density at radius 2 is 2.18 bits per heavy atom. The molecule has 6 heteroatoms. The lowest BCUT2D eigenvalue weighted by Gasteiger charge is -2.14. The van der Waals surface area contributed by atoms with Gasteiger partial charge in [-0.15, -0.1) is 0 Å². The van der Waals surface area contributed by atoms with Crippen LogP contribution in [-0.2, 0) is 23.5 Å². The monoisotopic (exact) mass is 317 g/mol. The first-order chi connectivity index (χ1) is 10.7. The highest BCUT2D eigenvalue weighted by molar-refractivity contribution is 7.97. The van der Waals surface area contributed by atoms with Crippen LogP contribution >= 0.6 is 11.8 Å². The van der Waals surface area contributed by atoms with Crippen molar-refractivity contribution in [1.82, 2.24) is 15.0 Å². The molecule has 0 N–H and O–H groups in total. The van der Waals surface area contributed by atoms with Crippen LogP contribution in [0.15, 0.2) is 34.9 Å². The summed E-state index contributed by atoms with van der Waals surface area (Å²) in [5, 5.41) is 3.91. The van der Waals surface area contributed by atoms with E-state index in [4.69, 9.17) is 4.52 Å². The molecule has 5 nitrogen and oxygen atoms in total. The fourth-order valence-electron chi connectivity index (χ4n) is 2.80. The van der Waals surface area contributed by atoms with Crippen molar-refractivity contribution in [2.45, 2.75) is 25.1 Å². The van der Waals surface area contributed by atoms with E-state index in [1.807, 2.05) is 29.4 Å². The average Bonchev–Trinajstić information content (AvgIpc) is 3.08. The first-order valence-corrected chi connectivity index (χ1v) is 8.76. The third-order valence-corrected chi connectivity index (χ3v) is 4.32. The third-order valence-electron chi connectivity index (χ3n) is 3.77. The van der Waals surface area contributed by atoms with Gasteiger partial charge in [-0.2, -0.15) is 16.7 Å². The highest BCUT2D eigenvalue weighted by atomic mass is 32.2. The normalized spacial score (nSPS) is 18.1. The molecule has 116 valence electrons. The van der Waals surface area contributed by atoms with E-state index in [0.717, 1.165) is 18.7 Å². The van der Waals surface area contributed by atoms with Crippen LogP contribution in [0.5, 0.6) is 0 Å². The Kier molecular flexibility index (Phi) is 4.77. The Hall–Kier alpha value is -1.82. The maximum Gasteiger partial charge on any atom is 0.246 e. The van der Waals surface area contributed by atoms with Crippen LogP contribution < -0.4 is 0 Å². The smallest absolute Gasteiger partial charge is 0.246 e. The van der Waals surface area contributed by atoms with Gasteiger partial charge in [-0.25, -0.2) is 0 Å².